The zero-order chi connectivity index (χ0) is 11.7. The molecule has 88 valence electrons. The standard InChI is InChI=1S/C15H18N2/c1-11-6-12(8-14-9-16-10-17-14)7-13-4-2-3-5-15(11)13/h2-5,9-12H,6-8H2,1H3,(H,16,17)/t11-,12-/m1/s1. The number of aromatic amines is 1. The average molecular weight is 226 g/mol. The van der Waals surface area contributed by atoms with Gasteiger partial charge >= 0.3 is 0 Å². The van der Waals surface area contributed by atoms with Gasteiger partial charge < -0.3 is 4.98 Å². The van der Waals surface area contributed by atoms with Crippen LogP contribution in [0.15, 0.2) is 36.8 Å². The Labute approximate surface area is 102 Å². The number of nitrogens with zero attached hydrogens (tertiary/aromatic N) is 1. The maximum absolute atomic E-state index is 4.10. The fraction of sp³-hybridized carbons (Fsp3) is 0.400. The third-order valence-corrected chi connectivity index (χ3v) is 3.84. The molecule has 0 saturated carbocycles. The molecule has 0 spiro atoms. The molecule has 1 aliphatic carbocycles. The summed E-state index contributed by atoms with van der Waals surface area (Å²) in [5.74, 6) is 1.44. The Bertz CT molecular complexity index is 487. The Hall–Kier alpha value is -1.57. The predicted octanol–water partition coefficient (Wildman–Crippen LogP) is 3.32. The van der Waals surface area contributed by atoms with Crippen molar-refractivity contribution in [2.45, 2.75) is 32.1 Å². The van der Waals surface area contributed by atoms with Crippen LogP contribution in [0.2, 0.25) is 0 Å². The number of imidazole rings is 1. The number of rotatable bonds is 2. The minimum atomic E-state index is 0.688. The first-order valence-electron chi connectivity index (χ1n) is 6.38. The third-order valence-electron chi connectivity index (χ3n) is 3.84. The van der Waals surface area contributed by atoms with E-state index in [1.807, 2.05) is 6.20 Å². The van der Waals surface area contributed by atoms with Gasteiger partial charge in [-0.3, -0.25) is 0 Å². The molecule has 0 aliphatic heterocycles. The molecule has 0 saturated heterocycles. The number of H-pyrrole nitrogens is 1. The lowest BCUT2D eigenvalue weighted by Crippen LogP contribution is -2.19. The largest absolute Gasteiger partial charge is 0.348 e. The fourth-order valence-electron chi connectivity index (χ4n) is 3.08. The van der Waals surface area contributed by atoms with E-state index in [-0.39, 0.29) is 0 Å². The summed E-state index contributed by atoms with van der Waals surface area (Å²) in [7, 11) is 0. The second-order valence-electron chi connectivity index (χ2n) is 5.19. The average Bonchev–Trinajstić information content (AvgIpc) is 2.82. The highest BCUT2D eigenvalue weighted by atomic mass is 14.9. The normalized spacial score (nSPS) is 23.4. The van der Waals surface area contributed by atoms with E-state index in [0.29, 0.717) is 5.92 Å². The highest BCUT2D eigenvalue weighted by molar-refractivity contribution is 5.32. The van der Waals surface area contributed by atoms with E-state index in [4.69, 9.17) is 0 Å². The van der Waals surface area contributed by atoms with Crippen molar-refractivity contribution < 1.29 is 0 Å². The molecule has 1 N–H and O–H groups in total. The summed E-state index contributed by atoms with van der Waals surface area (Å²) >= 11 is 0. The number of hydrogen-bond donors (Lipinski definition) is 1. The lowest BCUT2D eigenvalue weighted by molar-refractivity contribution is 0.411. The Balaban J connectivity index is 1.79. The Kier molecular flexibility index (Phi) is 2.71. The number of benzene rings is 1. The first kappa shape index (κ1) is 10.6. The summed E-state index contributed by atoms with van der Waals surface area (Å²) in [4.78, 5) is 7.31. The first-order chi connectivity index (χ1) is 8.33. The molecule has 2 atom stereocenters. The van der Waals surface area contributed by atoms with Gasteiger partial charge in [0.15, 0.2) is 0 Å². The van der Waals surface area contributed by atoms with Crippen LogP contribution in [-0.2, 0) is 12.8 Å². The second-order valence-corrected chi connectivity index (χ2v) is 5.19. The Morgan fingerprint density at radius 1 is 1.35 bits per heavy atom. The number of nitrogens with one attached hydrogen (secondary N) is 1. The lowest BCUT2D eigenvalue weighted by Gasteiger charge is -2.29. The molecule has 1 aromatic heterocycles. The molecule has 1 heterocycles. The van der Waals surface area contributed by atoms with Crippen molar-refractivity contribution in [2.24, 2.45) is 5.92 Å². The van der Waals surface area contributed by atoms with E-state index < -0.39 is 0 Å². The molecule has 1 aliphatic rings. The van der Waals surface area contributed by atoms with Crippen molar-refractivity contribution in [1.29, 1.82) is 0 Å². The minimum Gasteiger partial charge on any atom is -0.348 e. The van der Waals surface area contributed by atoms with Crippen molar-refractivity contribution in [3.8, 4) is 0 Å². The summed E-state index contributed by atoms with van der Waals surface area (Å²) in [6.07, 6.45) is 7.34. The lowest BCUT2D eigenvalue weighted by atomic mass is 9.76. The summed E-state index contributed by atoms with van der Waals surface area (Å²) in [5, 5.41) is 0. The third kappa shape index (κ3) is 2.12. The molecule has 0 radical (unpaired) electrons. The van der Waals surface area contributed by atoms with Gasteiger partial charge in [0, 0.05) is 11.9 Å². The second kappa shape index (κ2) is 4.36. The van der Waals surface area contributed by atoms with Crippen LogP contribution in [-0.4, -0.2) is 9.97 Å². The van der Waals surface area contributed by atoms with Crippen LogP contribution in [0.25, 0.3) is 0 Å². The molecule has 2 heteroatoms. The maximum atomic E-state index is 4.10. The highest BCUT2D eigenvalue weighted by Gasteiger charge is 2.23. The van der Waals surface area contributed by atoms with Crippen LogP contribution in [0.1, 0.15) is 36.1 Å². The van der Waals surface area contributed by atoms with Crippen LogP contribution in [0.3, 0.4) is 0 Å². The van der Waals surface area contributed by atoms with Gasteiger partial charge in [0.1, 0.15) is 0 Å². The molecule has 0 bridgehead atoms. The van der Waals surface area contributed by atoms with Crippen LogP contribution >= 0.6 is 0 Å². The van der Waals surface area contributed by atoms with Crippen LogP contribution < -0.4 is 0 Å². The first-order valence-corrected chi connectivity index (χ1v) is 6.38. The molecule has 1 aromatic carbocycles. The highest BCUT2D eigenvalue weighted by Crippen LogP contribution is 2.35. The van der Waals surface area contributed by atoms with Gasteiger partial charge in [0.25, 0.3) is 0 Å². The van der Waals surface area contributed by atoms with Crippen molar-refractivity contribution in [3.05, 3.63) is 53.6 Å². The summed E-state index contributed by atoms with van der Waals surface area (Å²) < 4.78 is 0. The molecule has 17 heavy (non-hydrogen) atoms. The van der Waals surface area contributed by atoms with Crippen molar-refractivity contribution in [3.63, 3.8) is 0 Å². The van der Waals surface area contributed by atoms with Gasteiger partial charge in [-0.2, -0.15) is 0 Å². The minimum absolute atomic E-state index is 0.688. The molecular formula is C15H18N2. The molecule has 0 unspecified atom stereocenters. The topological polar surface area (TPSA) is 28.7 Å². The number of aromatic nitrogens is 2. The summed E-state index contributed by atoms with van der Waals surface area (Å²) in [6, 6.07) is 8.88. The van der Waals surface area contributed by atoms with E-state index in [9.17, 15) is 0 Å². The van der Waals surface area contributed by atoms with E-state index >= 15 is 0 Å². The van der Waals surface area contributed by atoms with Crippen molar-refractivity contribution in [2.75, 3.05) is 0 Å². The molecule has 0 amide bonds. The predicted molar refractivity (Wildman–Crippen MR) is 69.0 cm³/mol. The Morgan fingerprint density at radius 3 is 3.06 bits per heavy atom. The molecule has 0 fully saturated rings. The van der Waals surface area contributed by atoms with Gasteiger partial charge in [0.2, 0.25) is 0 Å². The van der Waals surface area contributed by atoms with Gasteiger partial charge in [-0.25, -0.2) is 4.98 Å². The fourth-order valence-corrected chi connectivity index (χ4v) is 3.08. The smallest absolute Gasteiger partial charge is 0.0921 e. The van der Waals surface area contributed by atoms with E-state index in [1.54, 1.807) is 11.9 Å². The number of fused-ring (bicyclic) bond motifs is 1. The Morgan fingerprint density at radius 2 is 2.24 bits per heavy atom. The molecular weight excluding hydrogens is 208 g/mol. The molecule has 2 aromatic rings. The van der Waals surface area contributed by atoms with E-state index in [2.05, 4.69) is 41.2 Å². The van der Waals surface area contributed by atoms with Crippen molar-refractivity contribution in [1.82, 2.24) is 9.97 Å². The monoisotopic (exact) mass is 226 g/mol. The zero-order valence-corrected chi connectivity index (χ0v) is 10.2. The quantitative estimate of drug-likeness (QED) is 0.836. The SMILES string of the molecule is C[C@@H]1C[C@@H](Cc2cnc[nH]2)Cc2ccccc21. The van der Waals surface area contributed by atoms with Gasteiger partial charge in [0.05, 0.1) is 6.33 Å². The summed E-state index contributed by atoms with van der Waals surface area (Å²) in [6.45, 7) is 2.35. The van der Waals surface area contributed by atoms with Gasteiger partial charge in [-0.15, -0.1) is 0 Å². The van der Waals surface area contributed by atoms with Gasteiger partial charge in [-0.05, 0) is 42.2 Å². The van der Waals surface area contributed by atoms with Gasteiger partial charge in [-0.1, -0.05) is 31.2 Å². The van der Waals surface area contributed by atoms with E-state index in [1.165, 1.54) is 24.1 Å². The van der Waals surface area contributed by atoms with Crippen molar-refractivity contribution >= 4 is 0 Å². The number of hydrogen-bond acceptors (Lipinski definition) is 1. The maximum Gasteiger partial charge on any atom is 0.0921 e. The van der Waals surface area contributed by atoms with Crippen LogP contribution in [0, 0.1) is 5.92 Å². The molecule has 2 nitrogen and oxygen atoms in total. The van der Waals surface area contributed by atoms with E-state index in [0.717, 1.165) is 12.3 Å². The van der Waals surface area contributed by atoms with Crippen LogP contribution in [0.4, 0.5) is 0 Å². The zero-order valence-electron chi connectivity index (χ0n) is 10.2. The summed E-state index contributed by atoms with van der Waals surface area (Å²) in [5.41, 5.74) is 4.35. The molecule has 3 rings (SSSR count). The van der Waals surface area contributed by atoms with Crippen LogP contribution in [0.5, 0.6) is 0 Å².